The molecule has 0 saturated heterocycles. The number of ether oxygens (including phenoxy) is 1. The van der Waals surface area contributed by atoms with Gasteiger partial charge >= 0.3 is 12.1 Å². The maximum Gasteiger partial charge on any atom is 0.419 e. The minimum Gasteiger partial charge on any atom is -0.481 e. The zero-order valence-electron chi connectivity index (χ0n) is 13.1. The molecule has 122 valence electrons. The third-order valence-corrected chi connectivity index (χ3v) is 3.90. The van der Waals surface area contributed by atoms with Gasteiger partial charge < -0.3 is 14.9 Å². The maximum atomic E-state index is 12.0. The molecule has 0 bridgehead atoms. The van der Waals surface area contributed by atoms with Crippen LogP contribution in [0.4, 0.5) is 4.79 Å². The average Bonchev–Trinajstić information content (AvgIpc) is 2.87. The molecule has 2 rings (SSSR count). The minimum absolute atomic E-state index is 0.300. The van der Waals surface area contributed by atoms with Gasteiger partial charge in [-0.25, -0.2) is 14.3 Å². The van der Waals surface area contributed by atoms with Gasteiger partial charge in [-0.05, 0) is 46.5 Å². The lowest BCUT2D eigenvalue weighted by Crippen LogP contribution is -2.41. The number of aliphatic carboxylic acids is 1. The highest BCUT2D eigenvalue weighted by molar-refractivity contribution is 5.81. The van der Waals surface area contributed by atoms with E-state index in [4.69, 9.17) is 4.74 Å². The SMILES string of the molecule is CC(C)(C)OC(=O)n1cnc(C2(C(=O)O)CCC(O)CC2)c1. The molecule has 1 aromatic rings. The second-order valence-corrected chi connectivity index (χ2v) is 6.76. The average molecular weight is 310 g/mol. The van der Waals surface area contributed by atoms with Crippen LogP contribution in [0.2, 0.25) is 0 Å². The molecule has 0 radical (unpaired) electrons. The summed E-state index contributed by atoms with van der Waals surface area (Å²) in [5, 5.41) is 19.2. The number of carboxylic acid groups (broad SMARTS) is 1. The highest BCUT2D eigenvalue weighted by Crippen LogP contribution is 2.39. The second-order valence-electron chi connectivity index (χ2n) is 6.76. The Morgan fingerprint density at radius 3 is 2.45 bits per heavy atom. The predicted octanol–water partition coefficient (Wildman–Crippen LogP) is 1.92. The van der Waals surface area contributed by atoms with Crippen LogP contribution in [0.3, 0.4) is 0 Å². The summed E-state index contributed by atoms with van der Waals surface area (Å²) in [5.74, 6) is -0.978. The Morgan fingerprint density at radius 1 is 1.36 bits per heavy atom. The van der Waals surface area contributed by atoms with Gasteiger partial charge in [0.15, 0.2) is 0 Å². The molecule has 7 nitrogen and oxygen atoms in total. The van der Waals surface area contributed by atoms with Crippen molar-refractivity contribution in [1.82, 2.24) is 9.55 Å². The molecule has 2 N–H and O–H groups in total. The van der Waals surface area contributed by atoms with E-state index in [9.17, 15) is 19.8 Å². The molecule has 1 fully saturated rings. The Bertz CT molecular complexity index is 565. The zero-order chi connectivity index (χ0) is 16.5. The zero-order valence-corrected chi connectivity index (χ0v) is 13.1. The number of aromatic nitrogens is 2. The molecule has 7 heteroatoms. The van der Waals surface area contributed by atoms with Gasteiger partial charge in [0.25, 0.3) is 0 Å². The molecule has 0 spiro atoms. The Balaban J connectivity index is 2.25. The lowest BCUT2D eigenvalue weighted by atomic mass is 9.71. The first-order valence-corrected chi connectivity index (χ1v) is 7.33. The van der Waals surface area contributed by atoms with Crippen molar-refractivity contribution in [3.8, 4) is 0 Å². The first-order chi connectivity index (χ1) is 10.1. The number of hydrogen-bond acceptors (Lipinski definition) is 5. The number of aliphatic hydroxyl groups excluding tert-OH is 1. The van der Waals surface area contributed by atoms with Gasteiger partial charge in [0.2, 0.25) is 0 Å². The molecule has 0 amide bonds. The summed E-state index contributed by atoms with van der Waals surface area (Å²) < 4.78 is 6.39. The molecular weight excluding hydrogens is 288 g/mol. The summed E-state index contributed by atoms with van der Waals surface area (Å²) in [6.45, 7) is 5.26. The number of carbonyl (C=O) groups is 2. The normalized spacial score (nSPS) is 25.7. The number of imidazole rings is 1. The van der Waals surface area contributed by atoms with E-state index < -0.39 is 29.2 Å². The molecular formula is C15H22N2O5. The van der Waals surface area contributed by atoms with Crippen LogP contribution in [0.15, 0.2) is 12.5 Å². The molecule has 1 aromatic heterocycles. The third-order valence-electron chi connectivity index (χ3n) is 3.90. The smallest absolute Gasteiger partial charge is 0.419 e. The fraction of sp³-hybridized carbons (Fsp3) is 0.667. The molecule has 1 aliphatic rings. The molecule has 22 heavy (non-hydrogen) atoms. The predicted molar refractivity (Wildman–Crippen MR) is 77.6 cm³/mol. The second kappa shape index (κ2) is 5.72. The van der Waals surface area contributed by atoms with Crippen LogP contribution in [0.1, 0.15) is 52.1 Å². The van der Waals surface area contributed by atoms with Crippen molar-refractivity contribution in [3.05, 3.63) is 18.2 Å². The van der Waals surface area contributed by atoms with Crippen molar-refractivity contribution in [2.45, 2.75) is 63.6 Å². The van der Waals surface area contributed by atoms with Crippen molar-refractivity contribution in [2.75, 3.05) is 0 Å². The summed E-state index contributed by atoms with van der Waals surface area (Å²) in [6.07, 6.45) is 3.04. The minimum atomic E-state index is -1.15. The van der Waals surface area contributed by atoms with E-state index in [1.54, 1.807) is 20.8 Å². The number of hydrogen-bond donors (Lipinski definition) is 2. The molecule has 1 heterocycles. The van der Waals surface area contributed by atoms with Gasteiger partial charge in [-0.2, -0.15) is 0 Å². The summed E-state index contributed by atoms with van der Waals surface area (Å²) in [5.41, 5.74) is -1.45. The van der Waals surface area contributed by atoms with Crippen LogP contribution in [0, 0.1) is 0 Å². The summed E-state index contributed by atoms with van der Waals surface area (Å²) in [6, 6.07) is 0. The number of aliphatic hydroxyl groups is 1. The van der Waals surface area contributed by atoms with E-state index in [2.05, 4.69) is 4.98 Å². The van der Waals surface area contributed by atoms with E-state index in [1.807, 2.05) is 0 Å². The fourth-order valence-electron chi connectivity index (χ4n) is 2.66. The fourth-order valence-corrected chi connectivity index (χ4v) is 2.66. The van der Waals surface area contributed by atoms with Crippen molar-refractivity contribution in [2.24, 2.45) is 0 Å². The Labute approximate surface area is 128 Å². The standard InChI is InChI=1S/C15H22N2O5/c1-14(2,3)22-13(21)17-8-11(16-9-17)15(12(19)20)6-4-10(18)5-7-15/h8-10,18H,4-7H2,1-3H3,(H,19,20). The van der Waals surface area contributed by atoms with E-state index in [0.717, 1.165) is 4.57 Å². The van der Waals surface area contributed by atoms with Gasteiger partial charge in [-0.15, -0.1) is 0 Å². The van der Waals surface area contributed by atoms with Crippen LogP contribution in [0.5, 0.6) is 0 Å². The lowest BCUT2D eigenvalue weighted by molar-refractivity contribution is -0.146. The van der Waals surface area contributed by atoms with E-state index in [1.165, 1.54) is 12.5 Å². The van der Waals surface area contributed by atoms with Crippen molar-refractivity contribution in [3.63, 3.8) is 0 Å². The molecule has 1 saturated carbocycles. The van der Waals surface area contributed by atoms with Crippen LogP contribution in [-0.4, -0.2) is 43.5 Å². The van der Waals surface area contributed by atoms with Crippen LogP contribution >= 0.6 is 0 Å². The Hall–Kier alpha value is -1.89. The highest BCUT2D eigenvalue weighted by Gasteiger charge is 2.45. The van der Waals surface area contributed by atoms with E-state index >= 15 is 0 Å². The lowest BCUT2D eigenvalue weighted by Gasteiger charge is -2.33. The molecule has 0 aromatic carbocycles. The van der Waals surface area contributed by atoms with E-state index in [0.29, 0.717) is 31.4 Å². The summed E-state index contributed by atoms with van der Waals surface area (Å²) >= 11 is 0. The molecule has 0 unspecified atom stereocenters. The summed E-state index contributed by atoms with van der Waals surface area (Å²) in [7, 11) is 0. The van der Waals surface area contributed by atoms with Gasteiger partial charge in [0.1, 0.15) is 17.3 Å². The van der Waals surface area contributed by atoms with Crippen molar-refractivity contribution >= 4 is 12.1 Å². The van der Waals surface area contributed by atoms with Crippen LogP contribution in [0.25, 0.3) is 0 Å². The first kappa shape index (κ1) is 16.5. The van der Waals surface area contributed by atoms with Crippen molar-refractivity contribution < 1.29 is 24.5 Å². The Morgan fingerprint density at radius 2 is 1.95 bits per heavy atom. The topological polar surface area (TPSA) is 102 Å². The molecule has 0 aliphatic heterocycles. The highest BCUT2D eigenvalue weighted by atomic mass is 16.6. The molecule has 1 aliphatic carbocycles. The van der Waals surface area contributed by atoms with Gasteiger partial charge in [0, 0.05) is 6.20 Å². The van der Waals surface area contributed by atoms with E-state index in [-0.39, 0.29) is 0 Å². The van der Waals surface area contributed by atoms with Gasteiger partial charge in [0.05, 0.1) is 11.8 Å². The maximum absolute atomic E-state index is 12.0. The number of carboxylic acids is 1. The third kappa shape index (κ3) is 3.30. The van der Waals surface area contributed by atoms with Gasteiger partial charge in [-0.1, -0.05) is 0 Å². The number of rotatable bonds is 2. The van der Waals surface area contributed by atoms with Crippen LogP contribution < -0.4 is 0 Å². The van der Waals surface area contributed by atoms with Crippen molar-refractivity contribution in [1.29, 1.82) is 0 Å². The summed E-state index contributed by atoms with van der Waals surface area (Å²) in [4.78, 5) is 27.8. The van der Waals surface area contributed by atoms with Gasteiger partial charge in [-0.3, -0.25) is 4.79 Å². The first-order valence-electron chi connectivity index (χ1n) is 7.33. The monoisotopic (exact) mass is 310 g/mol. The number of carbonyl (C=O) groups excluding carboxylic acids is 1. The van der Waals surface area contributed by atoms with Crippen LogP contribution in [-0.2, 0) is 14.9 Å². The largest absolute Gasteiger partial charge is 0.481 e. The number of nitrogens with zero attached hydrogens (tertiary/aromatic N) is 2. The Kier molecular flexibility index (Phi) is 4.28. The quantitative estimate of drug-likeness (QED) is 0.865. The molecule has 0 atom stereocenters.